The average molecular weight is 382 g/mol. The lowest BCUT2D eigenvalue weighted by Crippen LogP contribution is -2.53. The number of fused-ring (bicyclic) bond motifs is 1. The van der Waals surface area contributed by atoms with E-state index in [0.717, 1.165) is 53.4 Å². The quantitative estimate of drug-likeness (QED) is 0.728. The van der Waals surface area contributed by atoms with Gasteiger partial charge in [-0.2, -0.15) is 0 Å². The molecule has 1 aliphatic rings. The lowest BCUT2D eigenvalue weighted by atomic mass is 9.82. The van der Waals surface area contributed by atoms with E-state index in [2.05, 4.69) is 22.0 Å². The summed E-state index contributed by atoms with van der Waals surface area (Å²) in [5, 5.41) is 1.86. The molecule has 1 saturated heterocycles. The number of piperazine rings is 1. The number of nitrogens with zero attached hydrogens (tertiary/aromatic N) is 2. The van der Waals surface area contributed by atoms with Crippen molar-refractivity contribution in [1.82, 2.24) is 9.88 Å². The largest absolute Gasteiger partial charge is 0.368 e. The van der Waals surface area contributed by atoms with E-state index in [9.17, 15) is 4.79 Å². The smallest absolute Gasteiger partial charge is 0.232 e. The fourth-order valence-electron chi connectivity index (χ4n) is 3.94. The highest BCUT2D eigenvalue weighted by Crippen LogP contribution is 2.32. The first kappa shape index (κ1) is 17.9. The molecule has 5 heteroatoms. The maximum absolute atomic E-state index is 13.3. The molecule has 1 amide bonds. The lowest BCUT2D eigenvalue weighted by Gasteiger charge is -2.39. The maximum Gasteiger partial charge on any atom is 0.232 e. The third-order valence-corrected chi connectivity index (χ3v) is 5.77. The summed E-state index contributed by atoms with van der Waals surface area (Å²) < 4.78 is 0. The molecule has 0 saturated carbocycles. The zero-order valence-corrected chi connectivity index (χ0v) is 16.5. The zero-order valence-electron chi connectivity index (χ0n) is 15.7. The van der Waals surface area contributed by atoms with Gasteiger partial charge >= 0.3 is 0 Å². The Balaban J connectivity index is 1.50. The van der Waals surface area contributed by atoms with E-state index >= 15 is 0 Å². The van der Waals surface area contributed by atoms with Gasteiger partial charge in [-0.3, -0.25) is 4.79 Å². The lowest BCUT2D eigenvalue weighted by molar-refractivity contribution is -0.136. The zero-order chi connectivity index (χ0) is 19.0. The van der Waals surface area contributed by atoms with Gasteiger partial charge in [-0.25, -0.2) is 0 Å². The van der Waals surface area contributed by atoms with Crippen LogP contribution in [0.3, 0.4) is 0 Å². The molecule has 0 atom stereocenters. The number of anilines is 1. The minimum atomic E-state index is -0.572. The van der Waals surface area contributed by atoms with Crippen molar-refractivity contribution in [2.24, 2.45) is 0 Å². The Kier molecular flexibility index (Phi) is 4.60. The van der Waals surface area contributed by atoms with E-state index in [0.29, 0.717) is 0 Å². The predicted molar refractivity (Wildman–Crippen MR) is 112 cm³/mol. The molecule has 4 rings (SSSR count). The summed E-state index contributed by atoms with van der Waals surface area (Å²) in [6.45, 7) is 7.11. The molecule has 3 aromatic rings. The molecule has 2 heterocycles. The summed E-state index contributed by atoms with van der Waals surface area (Å²) in [6, 6.07) is 16.0. The topological polar surface area (TPSA) is 39.3 Å². The Morgan fingerprint density at radius 1 is 1.04 bits per heavy atom. The van der Waals surface area contributed by atoms with Crippen LogP contribution >= 0.6 is 11.6 Å². The molecule has 1 N–H and O–H groups in total. The Morgan fingerprint density at radius 3 is 2.52 bits per heavy atom. The van der Waals surface area contributed by atoms with Crippen LogP contribution in [0.15, 0.2) is 54.7 Å². The number of aromatic nitrogens is 1. The number of H-pyrrole nitrogens is 1. The first-order valence-electron chi connectivity index (χ1n) is 9.33. The van der Waals surface area contributed by atoms with Crippen molar-refractivity contribution in [3.05, 3.63) is 65.3 Å². The van der Waals surface area contributed by atoms with Crippen molar-refractivity contribution in [3.63, 3.8) is 0 Å². The third kappa shape index (κ3) is 3.30. The number of benzene rings is 2. The van der Waals surface area contributed by atoms with E-state index in [-0.39, 0.29) is 5.91 Å². The Morgan fingerprint density at radius 2 is 1.78 bits per heavy atom. The highest BCUT2D eigenvalue weighted by molar-refractivity contribution is 6.30. The second-order valence-corrected chi connectivity index (χ2v) is 8.07. The first-order valence-corrected chi connectivity index (χ1v) is 9.71. The molecule has 140 valence electrons. The molecule has 27 heavy (non-hydrogen) atoms. The number of carbonyl (C=O) groups is 1. The van der Waals surface area contributed by atoms with Crippen LogP contribution in [0.1, 0.15) is 19.4 Å². The van der Waals surface area contributed by atoms with E-state index < -0.39 is 5.41 Å². The number of rotatable bonds is 3. The maximum atomic E-state index is 13.3. The Labute approximate surface area is 164 Å². The highest BCUT2D eigenvalue weighted by atomic mass is 35.5. The van der Waals surface area contributed by atoms with Crippen LogP contribution in [0.2, 0.25) is 5.02 Å². The molecule has 0 aliphatic carbocycles. The second-order valence-electron chi connectivity index (χ2n) is 7.63. The number of nitrogens with one attached hydrogen (secondary N) is 1. The van der Waals surface area contributed by atoms with Crippen molar-refractivity contribution >= 4 is 34.1 Å². The number of aromatic amines is 1. The molecular weight excluding hydrogens is 358 g/mol. The monoisotopic (exact) mass is 381 g/mol. The molecule has 4 nitrogen and oxygen atoms in total. The molecule has 2 aromatic carbocycles. The summed E-state index contributed by atoms with van der Waals surface area (Å²) in [6.07, 6.45) is 1.98. The van der Waals surface area contributed by atoms with Gasteiger partial charge in [0.2, 0.25) is 5.91 Å². The molecule has 1 fully saturated rings. The van der Waals surface area contributed by atoms with E-state index in [1.807, 2.05) is 61.3 Å². The first-order chi connectivity index (χ1) is 13.0. The van der Waals surface area contributed by atoms with E-state index in [1.165, 1.54) is 0 Å². The van der Waals surface area contributed by atoms with Crippen LogP contribution < -0.4 is 4.90 Å². The summed E-state index contributed by atoms with van der Waals surface area (Å²) in [7, 11) is 0. The minimum absolute atomic E-state index is 0.179. The summed E-state index contributed by atoms with van der Waals surface area (Å²) in [5.41, 5.74) is 2.67. The fourth-order valence-corrected chi connectivity index (χ4v) is 4.12. The molecule has 1 aliphatic heterocycles. The number of para-hydroxylation sites is 1. The van der Waals surface area contributed by atoms with Gasteiger partial charge in [-0.15, -0.1) is 0 Å². The number of halogens is 1. The van der Waals surface area contributed by atoms with Gasteiger partial charge < -0.3 is 14.8 Å². The van der Waals surface area contributed by atoms with Gasteiger partial charge in [0.15, 0.2) is 0 Å². The average Bonchev–Trinajstić information content (AvgIpc) is 3.12. The predicted octanol–water partition coefficient (Wildman–Crippen LogP) is 4.45. The summed E-state index contributed by atoms with van der Waals surface area (Å²) in [5.74, 6) is 0.179. The standard InChI is InChI=1S/C22H24ClN3O/c1-22(2,19-15-24-20-9-4-3-8-18(19)20)21(27)26-12-10-25(11-13-26)17-7-5-6-16(23)14-17/h3-9,14-15,24H,10-13H2,1-2H3. The van der Waals surface area contributed by atoms with Crippen molar-refractivity contribution in [2.75, 3.05) is 31.1 Å². The van der Waals surface area contributed by atoms with Crippen LogP contribution in [0.5, 0.6) is 0 Å². The van der Waals surface area contributed by atoms with E-state index in [4.69, 9.17) is 11.6 Å². The van der Waals surface area contributed by atoms with Crippen LogP contribution in [-0.4, -0.2) is 42.0 Å². The normalized spacial score (nSPS) is 15.4. The molecule has 0 spiro atoms. The summed E-state index contributed by atoms with van der Waals surface area (Å²) >= 11 is 6.11. The Bertz CT molecular complexity index is 970. The van der Waals surface area contributed by atoms with Crippen molar-refractivity contribution in [3.8, 4) is 0 Å². The van der Waals surface area contributed by atoms with Gasteiger partial charge in [0.05, 0.1) is 5.41 Å². The highest BCUT2D eigenvalue weighted by Gasteiger charge is 2.36. The SMILES string of the molecule is CC(C)(C(=O)N1CCN(c2cccc(Cl)c2)CC1)c1c[nH]c2ccccc12. The molecular formula is C22H24ClN3O. The molecule has 0 bridgehead atoms. The van der Waals surface area contributed by atoms with Crippen LogP contribution in [0, 0.1) is 0 Å². The number of carbonyl (C=O) groups excluding carboxylic acids is 1. The second kappa shape index (κ2) is 6.93. The van der Waals surface area contributed by atoms with Gasteiger partial charge in [-0.1, -0.05) is 35.9 Å². The molecule has 0 radical (unpaired) electrons. The van der Waals surface area contributed by atoms with Crippen molar-refractivity contribution in [1.29, 1.82) is 0 Å². The number of amides is 1. The van der Waals surface area contributed by atoms with Gasteiger partial charge in [-0.05, 0) is 43.7 Å². The third-order valence-electron chi connectivity index (χ3n) is 5.54. The molecule has 0 unspecified atom stereocenters. The summed E-state index contributed by atoms with van der Waals surface area (Å²) in [4.78, 5) is 20.9. The minimum Gasteiger partial charge on any atom is -0.368 e. The van der Waals surface area contributed by atoms with Crippen molar-refractivity contribution in [2.45, 2.75) is 19.3 Å². The Hall–Kier alpha value is -2.46. The fraction of sp³-hybridized carbons (Fsp3) is 0.318. The molecule has 1 aromatic heterocycles. The number of hydrogen-bond acceptors (Lipinski definition) is 2. The van der Waals surface area contributed by atoms with Crippen LogP contribution in [-0.2, 0) is 10.2 Å². The van der Waals surface area contributed by atoms with E-state index in [1.54, 1.807) is 0 Å². The van der Waals surface area contributed by atoms with Gasteiger partial charge in [0.25, 0.3) is 0 Å². The number of hydrogen-bond donors (Lipinski definition) is 1. The van der Waals surface area contributed by atoms with Crippen molar-refractivity contribution < 1.29 is 4.79 Å². The van der Waals surface area contributed by atoms with Gasteiger partial charge in [0.1, 0.15) is 0 Å². The van der Waals surface area contributed by atoms with Crippen LogP contribution in [0.25, 0.3) is 10.9 Å². The van der Waals surface area contributed by atoms with Crippen LogP contribution in [0.4, 0.5) is 5.69 Å². The van der Waals surface area contributed by atoms with Gasteiger partial charge in [0, 0.05) is 54.0 Å².